The van der Waals surface area contributed by atoms with Gasteiger partial charge in [-0.15, -0.1) is 0 Å². The van der Waals surface area contributed by atoms with Crippen LogP contribution in [0.15, 0.2) is 52.6 Å². The summed E-state index contributed by atoms with van der Waals surface area (Å²) in [7, 11) is -3.58. The van der Waals surface area contributed by atoms with E-state index < -0.39 is 10.0 Å². The van der Waals surface area contributed by atoms with Crippen LogP contribution in [-0.2, 0) is 16.6 Å². The summed E-state index contributed by atoms with van der Waals surface area (Å²) in [6.07, 6.45) is 2.82. The van der Waals surface area contributed by atoms with E-state index >= 15 is 0 Å². The Labute approximate surface area is 169 Å². The first-order valence-electron chi connectivity index (χ1n) is 8.28. The van der Waals surface area contributed by atoms with E-state index in [-0.39, 0.29) is 11.4 Å². The van der Waals surface area contributed by atoms with Crippen LogP contribution in [0.2, 0.25) is 10.0 Å². The fraction of sp³-hybridized carbons (Fsp3) is 0.294. The Kier molecular flexibility index (Phi) is 8.30. The first-order valence-corrected chi connectivity index (χ1v) is 10.5. The molecule has 0 saturated heterocycles. The molecule has 146 valence electrons. The monoisotopic (exact) mass is 429 g/mol. The van der Waals surface area contributed by atoms with Crippen LogP contribution in [0, 0.1) is 0 Å². The van der Waals surface area contributed by atoms with Crippen molar-refractivity contribution in [3.63, 3.8) is 0 Å². The lowest BCUT2D eigenvalue weighted by Gasteiger charge is -2.12. The van der Waals surface area contributed by atoms with Crippen LogP contribution in [0.1, 0.15) is 12.5 Å². The maximum absolute atomic E-state index is 12.1. The maximum Gasteiger partial charge on any atom is 0.242 e. The summed E-state index contributed by atoms with van der Waals surface area (Å²) in [4.78, 5) is 8.39. The molecule has 0 saturated carbocycles. The third-order valence-corrected chi connectivity index (χ3v) is 5.45. The van der Waals surface area contributed by atoms with Gasteiger partial charge in [-0.05, 0) is 36.8 Å². The normalized spacial score (nSPS) is 12.0. The van der Waals surface area contributed by atoms with Gasteiger partial charge in [-0.1, -0.05) is 29.3 Å². The Morgan fingerprint density at radius 3 is 2.67 bits per heavy atom. The van der Waals surface area contributed by atoms with E-state index in [9.17, 15) is 8.42 Å². The maximum atomic E-state index is 12.1. The number of aromatic nitrogens is 1. The molecule has 10 heteroatoms. The van der Waals surface area contributed by atoms with Crippen molar-refractivity contribution in [1.29, 1.82) is 0 Å². The summed E-state index contributed by atoms with van der Waals surface area (Å²) in [5.74, 6) is 0.559. The molecule has 3 N–H and O–H groups in total. The molecule has 1 aromatic heterocycles. The lowest BCUT2D eigenvalue weighted by molar-refractivity contribution is 0.580. The van der Waals surface area contributed by atoms with Crippen LogP contribution < -0.4 is 15.4 Å². The molecular weight excluding hydrogens is 409 g/mol. The summed E-state index contributed by atoms with van der Waals surface area (Å²) in [5.41, 5.74) is 0.843. The molecule has 0 aliphatic rings. The molecule has 2 aromatic rings. The predicted molar refractivity (Wildman–Crippen MR) is 109 cm³/mol. The summed E-state index contributed by atoms with van der Waals surface area (Å²) in [5, 5.41) is 7.28. The Balaban J connectivity index is 1.88. The zero-order valence-corrected chi connectivity index (χ0v) is 17.1. The minimum atomic E-state index is -3.58. The molecule has 1 heterocycles. The van der Waals surface area contributed by atoms with Crippen molar-refractivity contribution < 1.29 is 8.42 Å². The lowest BCUT2D eigenvalue weighted by atomic mass is 10.2. The number of aliphatic imine (C=N–C) groups is 1. The number of sulfonamides is 1. The highest BCUT2D eigenvalue weighted by Crippen LogP contribution is 2.21. The number of guanidine groups is 1. The van der Waals surface area contributed by atoms with Crippen LogP contribution in [0.25, 0.3) is 0 Å². The van der Waals surface area contributed by atoms with Crippen LogP contribution in [0.5, 0.6) is 0 Å². The van der Waals surface area contributed by atoms with Gasteiger partial charge in [0.1, 0.15) is 4.90 Å². The first kappa shape index (κ1) is 21.4. The van der Waals surface area contributed by atoms with Crippen LogP contribution >= 0.6 is 23.2 Å². The number of hydrogen-bond donors (Lipinski definition) is 3. The smallest absolute Gasteiger partial charge is 0.242 e. The number of pyridine rings is 1. The average molecular weight is 430 g/mol. The number of nitrogens with one attached hydrogen (secondary N) is 3. The van der Waals surface area contributed by atoms with E-state index in [1.807, 2.05) is 13.0 Å². The van der Waals surface area contributed by atoms with Crippen LogP contribution in [0.3, 0.4) is 0 Å². The number of nitrogens with zero attached hydrogens (tertiary/aromatic N) is 2. The van der Waals surface area contributed by atoms with Gasteiger partial charge in [0.25, 0.3) is 0 Å². The van der Waals surface area contributed by atoms with Gasteiger partial charge in [0, 0.05) is 42.1 Å². The molecule has 0 spiro atoms. The largest absolute Gasteiger partial charge is 0.357 e. The van der Waals surface area contributed by atoms with Gasteiger partial charge in [-0.2, -0.15) is 0 Å². The molecule has 0 fully saturated rings. The topological polar surface area (TPSA) is 95.5 Å². The highest BCUT2D eigenvalue weighted by molar-refractivity contribution is 7.89. The van der Waals surface area contributed by atoms with Crippen LogP contribution in [-0.4, -0.2) is 39.0 Å². The highest BCUT2D eigenvalue weighted by Gasteiger charge is 2.12. The number of rotatable bonds is 8. The fourth-order valence-electron chi connectivity index (χ4n) is 2.11. The van der Waals surface area contributed by atoms with Crippen molar-refractivity contribution in [2.24, 2.45) is 4.99 Å². The Morgan fingerprint density at radius 1 is 1.19 bits per heavy atom. The minimum absolute atomic E-state index is 0.128. The molecule has 0 radical (unpaired) electrons. The van der Waals surface area contributed by atoms with Gasteiger partial charge < -0.3 is 10.6 Å². The van der Waals surface area contributed by atoms with Crippen molar-refractivity contribution in [1.82, 2.24) is 20.3 Å². The molecule has 0 bridgehead atoms. The Hall–Kier alpha value is -1.87. The third-order valence-electron chi connectivity index (χ3n) is 3.42. The van der Waals surface area contributed by atoms with Crippen molar-refractivity contribution >= 4 is 39.2 Å². The predicted octanol–water partition coefficient (Wildman–Crippen LogP) is 2.42. The lowest BCUT2D eigenvalue weighted by Crippen LogP contribution is -2.41. The first-order chi connectivity index (χ1) is 12.9. The second-order valence-corrected chi connectivity index (χ2v) is 8.05. The van der Waals surface area contributed by atoms with Gasteiger partial charge in [0.2, 0.25) is 10.0 Å². The average Bonchev–Trinajstić information content (AvgIpc) is 2.65. The molecule has 7 nitrogen and oxygen atoms in total. The Morgan fingerprint density at radius 2 is 2.00 bits per heavy atom. The number of hydrogen-bond acceptors (Lipinski definition) is 4. The van der Waals surface area contributed by atoms with Gasteiger partial charge in [0.15, 0.2) is 5.96 Å². The second-order valence-electron chi connectivity index (χ2n) is 5.44. The molecule has 0 amide bonds. The summed E-state index contributed by atoms with van der Waals surface area (Å²) in [6, 6.07) is 8.31. The quantitative estimate of drug-likeness (QED) is 0.340. The number of halogens is 2. The Bertz CT molecular complexity index is 876. The van der Waals surface area contributed by atoms with E-state index in [0.717, 1.165) is 5.56 Å². The molecule has 0 aliphatic heterocycles. The van der Waals surface area contributed by atoms with Crippen molar-refractivity contribution in [2.75, 3.05) is 19.6 Å². The molecule has 0 unspecified atom stereocenters. The van der Waals surface area contributed by atoms with Crippen molar-refractivity contribution in [3.05, 3.63) is 58.3 Å². The highest BCUT2D eigenvalue weighted by atomic mass is 35.5. The van der Waals surface area contributed by atoms with Crippen molar-refractivity contribution in [3.8, 4) is 0 Å². The summed E-state index contributed by atoms with van der Waals surface area (Å²) < 4.78 is 26.8. The molecule has 0 atom stereocenters. The zero-order chi connectivity index (χ0) is 19.7. The third kappa shape index (κ3) is 6.99. The van der Waals surface area contributed by atoms with E-state index in [2.05, 4.69) is 25.3 Å². The molecule has 2 rings (SSSR count). The summed E-state index contributed by atoms with van der Waals surface area (Å²) >= 11 is 12.0. The van der Waals surface area contributed by atoms with Gasteiger partial charge >= 0.3 is 0 Å². The number of benzene rings is 1. The molecule has 1 aromatic carbocycles. The fourth-order valence-corrected chi connectivity index (χ4v) is 3.57. The van der Waals surface area contributed by atoms with Gasteiger partial charge in [0.05, 0.1) is 6.54 Å². The zero-order valence-electron chi connectivity index (χ0n) is 14.7. The van der Waals surface area contributed by atoms with Crippen molar-refractivity contribution in [2.45, 2.75) is 18.4 Å². The van der Waals surface area contributed by atoms with Gasteiger partial charge in [-0.3, -0.25) is 4.98 Å². The van der Waals surface area contributed by atoms with E-state index in [1.54, 1.807) is 18.2 Å². The SMILES string of the molecule is CCNC(=NCc1ccc(Cl)cc1Cl)NCCNS(=O)(=O)c1cccnc1. The van der Waals surface area contributed by atoms with Gasteiger partial charge in [-0.25, -0.2) is 18.1 Å². The summed E-state index contributed by atoms with van der Waals surface area (Å²) in [6.45, 7) is 3.54. The van der Waals surface area contributed by atoms with E-state index in [1.165, 1.54) is 18.5 Å². The standard InChI is InChI=1S/C17H21Cl2N5O2S/c1-2-21-17(23-11-13-5-6-14(18)10-16(13)19)22-8-9-24-27(25,26)15-4-3-7-20-12-15/h3-7,10,12,24H,2,8-9,11H2,1H3,(H2,21,22,23). The second kappa shape index (κ2) is 10.5. The molecule has 27 heavy (non-hydrogen) atoms. The van der Waals surface area contributed by atoms with Crippen LogP contribution in [0.4, 0.5) is 0 Å². The molecular formula is C17H21Cl2N5O2S. The van der Waals surface area contributed by atoms with E-state index in [4.69, 9.17) is 23.2 Å². The minimum Gasteiger partial charge on any atom is -0.357 e. The van der Waals surface area contributed by atoms with E-state index in [0.29, 0.717) is 35.6 Å². The molecule has 0 aliphatic carbocycles.